The predicted molar refractivity (Wildman–Crippen MR) is 40.1 cm³/mol. The molecule has 0 saturated carbocycles. The average molecular weight is 187 g/mol. The van der Waals surface area contributed by atoms with E-state index < -0.39 is 17.8 Å². The van der Waals surface area contributed by atoms with Crippen molar-refractivity contribution in [1.29, 1.82) is 0 Å². The van der Waals surface area contributed by atoms with Crippen molar-refractivity contribution in [2.24, 2.45) is 5.73 Å². The Kier molecular flexibility index (Phi) is 2.93. The number of ether oxygens (including phenoxy) is 1. The Morgan fingerprint density at radius 2 is 2.54 bits per heavy atom. The van der Waals surface area contributed by atoms with Crippen LogP contribution in [-0.2, 0) is 4.74 Å². The van der Waals surface area contributed by atoms with Gasteiger partial charge in [-0.1, -0.05) is 0 Å². The third-order valence-electron chi connectivity index (χ3n) is 1.30. The summed E-state index contributed by atoms with van der Waals surface area (Å²) in [7, 11) is 1.47. The lowest BCUT2D eigenvalue weighted by Crippen LogP contribution is -2.16. The largest absolute Gasteiger partial charge is 0.475 e. The van der Waals surface area contributed by atoms with E-state index >= 15 is 0 Å². The lowest BCUT2D eigenvalue weighted by molar-refractivity contribution is 0.0680. The number of aromatic carboxylic acids is 1. The first-order chi connectivity index (χ1) is 6.15. The summed E-state index contributed by atoms with van der Waals surface area (Å²) in [6.07, 6.45) is 0. The molecule has 0 bridgehead atoms. The van der Waals surface area contributed by atoms with E-state index in [0.717, 1.165) is 0 Å². The number of aromatic nitrogens is 2. The maximum absolute atomic E-state index is 10.3. The van der Waals surface area contributed by atoms with Crippen LogP contribution in [0.15, 0.2) is 4.52 Å². The van der Waals surface area contributed by atoms with Gasteiger partial charge >= 0.3 is 5.97 Å². The number of hydrogen-bond acceptors (Lipinski definition) is 6. The van der Waals surface area contributed by atoms with Crippen molar-refractivity contribution in [3.8, 4) is 0 Å². The van der Waals surface area contributed by atoms with Gasteiger partial charge in [0, 0.05) is 7.11 Å². The van der Waals surface area contributed by atoms with Crippen molar-refractivity contribution in [3.05, 3.63) is 11.7 Å². The van der Waals surface area contributed by atoms with Gasteiger partial charge in [-0.2, -0.15) is 4.98 Å². The first-order valence-corrected chi connectivity index (χ1v) is 3.46. The minimum absolute atomic E-state index is 0.0549. The fourth-order valence-electron chi connectivity index (χ4n) is 0.724. The van der Waals surface area contributed by atoms with Gasteiger partial charge in [-0.3, -0.25) is 0 Å². The molecule has 1 heterocycles. The van der Waals surface area contributed by atoms with E-state index in [2.05, 4.69) is 14.7 Å². The third kappa shape index (κ3) is 2.23. The molecule has 1 atom stereocenters. The number of rotatable bonds is 4. The zero-order valence-corrected chi connectivity index (χ0v) is 6.93. The first-order valence-electron chi connectivity index (χ1n) is 3.46. The Morgan fingerprint density at radius 1 is 1.85 bits per heavy atom. The molecule has 0 saturated heterocycles. The number of carboxylic acid groups (broad SMARTS) is 1. The molecular weight excluding hydrogens is 178 g/mol. The number of hydrogen-bond donors (Lipinski definition) is 2. The van der Waals surface area contributed by atoms with Gasteiger partial charge in [0.25, 0.3) is 5.82 Å². The normalized spacial score (nSPS) is 12.8. The van der Waals surface area contributed by atoms with Crippen LogP contribution in [0, 0.1) is 0 Å². The maximum atomic E-state index is 10.3. The summed E-state index contributed by atoms with van der Waals surface area (Å²) in [5.41, 5.74) is 5.50. The van der Waals surface area contributed by atoms with Crippen LogP contribution in [0.3, 0.4) is 0 Å². The zero-order chi connectivity index (χ0) is 9.84. The average Bonchev–Trinajstić information content (AvgIpc) is 2.52. The molecule has 7 heteroatoms. The van der Waals surface area contributed by atoms with E-state index in [1.807, 2.05) is 0 Å². The van der Waals surface area contributed by atoms with Crippen LogP contribution in [0.25, 0.3) is 0 Å². The molecule has 0 aliphatic heterocycles. The molecule has 0 aliphatic rings. The first kappa shape index (κ1) is 9.62. The van der Waals surface area contributed by atoms with Gasteiger partial charge in [0.1, 0.15) is 6.04 Å². The van der Waals surface area contributed by atoms with Crippen molar-refractivity contribution < 1.29 is 19.2 Å². The Hall–Kier alpha value is -1.47. The summed E-state index contributed by atoms with van der Waals surface area (Å²) >= 11 is 0. The molecule has 3 N–H and O–H groups in total. The highest BCUT2D eigenvalue weighted by Crippen LogP contribution is 2.07. The Bertz CT molecular complexity index is 298. The Morgan fingerprint density at radius 3 is 3.00 bits per heavy atom. The van der Waals surface area contributed by atoms with Crippen LogP contribution in [0.4, 0.5) is 0 Å². The maximum Gasteiger partial charge on any atom is 0.377 e. The summed E-state index contributed by atoms with van der Waals surface area (Å²) in [6, 6.07) is -0.592. The van der Waals surface area contributed by atoms with E-state index in [0.29, 0.717) is 0 Å². The number of methoxy groups -OCH3 is 1. The van der Waals surface area contributed by atoms with Gasteiger partial charge in [-0.15, -0.1) is 0 Å². The molecular formula is C6H9N3O4. The zero-order valence-electron chi connectivity index (χ0n) is 6.93. The van der Waals surface area contributed by atoms with Crippen LogP contribution >= 0.6 is 0 Å². The lowest BCUT2D eigenvalue weighted by Gasteiger charge is -2.02. The summed E-state index contributed by atoms with van der Waals surface area (Å²) in [5, 5.41) is 11.7. The van der Waals surface area contributed by atoms with Crippen LogP contribution < -0.4 is 5.73 Å². The molecule has 0 amide bonds. The van der Waals surface area contributed by atoms with E-state index in [1.54, 1.807) is 0 Å². The van der Waals surface area contributed by atoms with Gasteiger partial charge in [0.15, 0.2) is 0 Å². The molecule has 0 aromatic carbocycles. The molecule has 1 unspecified atom stereocenters. The topological polar surface area (TPSA) is 111 Å². The van der Waals surface area contributed by atoms with Gasteiger partial charge in [-0.05, 0) is 5.16 Å². The van der Waals surface area contributed by atoms with E-state index in [1.165, 1.54) is 7.11 Å². The Balaban J connectivity index is 2.73. The molecule has 0 fully saturated rings. The van der Waals surface area contributed by atoms with E-state index in [-0.39, 0.29) is 12.5 Å². The minimum Gasteiger partial charge on any atom is -0.475 e. The fraction of sp³-hybridized carbons (Fsp3) is 0.500. The molecule has 0 spiro atoms. The summed E-state index contributed by atoms with van der Waals surface area (Å²) < 4.78 is 9.32. The molecule has 1 aromatic heterocycles. The van der Waals surface area contributed by atoms with E-state index in [4.69, 9.17) is 15.6 Å². The number of carbonyl (C=O) groups is 1. The summed E-state index contributed by atoms with van der Waals surface area (Å²) in [5.74, 6) is -1.60. The van der Waals surface area contributed by atoms with Crippen molar-refractivity contribution in [2.75, 3.05) is 13.7 Å². The molecule has 13 heavy (non-hydrogen) atoms. The standard InChI is InChI=1S/C6H9N3O4/c1-12-2-3(7)5-8-4(6(10)11)9-13-5/h3H,2,7H2,1H3,(H,10,11). The van der Waals surface area contributed by atoms with Crippen LogP contribution in [-0.4, -0.2) is 34.9 Å². The highest BCUT2D eigenvalue weighted by Gasteiger charge is 2.17. The number of carboxylic acids is 1. The molecule has 7 nitrogen and oxygen atoms in total. The number of nitrogens with two attached hydrogens (primary N) is 1. The Labute approximate surface area is 73.5 Å². The van der Waals surface area contributed by atoms with Crippen molar-refractivity contribution in [3.63, 3.8) is 0 Å². The van der Waals surface area contributed by atoms with Crippen molar-refractivity contribution in [1.82, 2.24) is 10.1 Å². The van der Waals surface area contributed by atoms with E-state index in [9.17, 15) is 4.79 Å². The van der Waals surface area contributed by atoms with Gasteiger partial charge in [0.05, 0.1) is 6.61 Å². The van der Waals surface area contributed by atoms with Crippen molar-refractivity contribution in [2.45, 2.75) is 6.04 Å². The molecule has 72 valence electrons. The minimum atomic E-state index is -1.25. The third-order valence-corrected chi connectivity index (χ3v) is 1.30. The molecule has 0 aliphatic carbocycles. The van der Waals surface area contributed by atoms with Gasteiger partial charge < -0.3 is 20.1 Å². The quantitative estimate of drug-likeness (QED) is 0.648. The highest BCUT2D eigenvalue weighted by molar-refractivity contribution is 5.82. The summed E-state index contributed by atoms with van der Waals surface area (Å²) in [6.45, 7) is 0.196. The highest BCUT2D eigenvalue weighted by atomic mass is 16.5. The second-order valence-electron chi connectivity index (χ2n) is 2.32. The van der Waals surface area contributed by atoms with Gasteiger partial charge in [-0.25, -0.2) is 4.79 Å². The summed E-state index contributed by atoms with van der Waals surface area (Å²) in [4.78, 5) is 13.9. The second-order valence-corrected chi connectivity index (χ2v) is 2.32. The smallest absolute Gasteiger partial charge is 0.377 e. The fourth-order valence-corrected chi connectivity index (χ4v) is 0.724. The monoisotopic (exact) mass is 187 g/mol. The SMILES string of the molecule is COCC(N)c1nc(C(=O)O)no1. The predicted octanol–water partition coefficient (Wildman–Crippen LogP) is -0.586. The van der Waals surface area contributed by atoms with Crippen LogP contribution in [0.2, 0.25) is 0 Å². The molecule has 1 rings (SSSR count). The second kappa shape index (κ2) is 3.97. The van der Waals surface area contributed by atoms with Crippen LogP contribution in [0.1, 0.15) is 22.6 Å². The molecule has 1 aromatic rings. The molecule has 0 radical (unpaired) electrons. The van der Waals surface area contributed by atoms with Crippen LogP contribution in [0.5, 0.6) is 0 Å². The number of nitrogens with zero attached hydrogens (tertiary/aromatic N) is 2. The van der Waals surface area contributed by atoms with Gasteiger partial charge in [0.2, 0.25) is 5.89 Å². The van der Waals surface area contributed by atoms with Crippen molar-refractivity contribution >= 4 is 5.97 Å². The lowest BCUT2D eigenvalue weighted by atomic mass is 10.3.